The highest BCUT2D eigenvalue weighted by molar-refractivity contribution is 5.34. The fourth-order valence-electron chi connectivity index (χ4n) is 3.28. The molecule has 0 bridgehead atoms. The van der Waals surface area contributed by atoms with E-state index in [4.69, 9.17) is 5.26 Å². The Hall–Kier alpha value is -1.44. The predicted molar refractivity (Wildman–Crippen MR) is 70.9 cm³/mol. The van der Waals surface area contributed by atoms with Crippen LogP contribution in [0.25, 0.3) is 0 Å². The van der Waals surface area contributed by atoms with Crippen LogP contribution in [0.4, 0.5) is 4.39 Å². The molecule has 2 aliphatic rings. The third-order valence-electron chi connectivity index (χ3n) is 4.23. The molecule has 19 heavy (non-hydrogen) atoms. The molecule has 1 aromatic carbocycles. The molecule has 0 aliphatic carbocycles. The molecule has 2 heterocycles. The highest BCUT2D eigenvalue weighted by Crippen LogP contribution is 2.26. The lowest BCUT2D eigenvalue weighted by molar-refractivity contribution is 0.312. The van der Waals surface area contributed by atoms with Gasteiger partial charge in [-0.1, -0.05) is 6.07 Å². The summed E-state index contributed by atoms with van der Waals surface area (Å²) in [6.07, 6.45) is 2.57. The van der Waals surface area contributed by atoms with E-state index in [9.17, 15) is 4.39 Å². The summed E-state index contributed by atoms with van der Waals surface area (Å²) >= 11 is 0. The zero-order valence-electron chi connectivity index (χ0n) is 10.9. The van der Waals surface area contributed by atoms with E-state index < -0.39 is 5.82 Å². The largest absolute Gasteiger partial charge is 0.312 e. The highest BCUT2D eigenvalue weighted by Gasteiger charge is 2.33. The van der Waals surface area contributed by atoms with Crippen LogP contribution in [0.2, 0.25) is 0 Å². The zero-order valence-corrected chi connectivity index (χ0v) is 10.9. The summed E-state index contributed by atoms with van der Waals surface area (Å²) in [6, 6.07) is 7.37. The second-order valence-electron chi connectivity index (χ2n) is 5.58. The molecule has 0 unspecified atom stereocenters. The first-order chi connectivity index (χ1) is 9.26. The number of nitrogens with zero attached hydrogens (tertiary/aromatic N) is 2. The maximum atomic E-state index is 13.3. The van der Waals surface area contributed by atoms with Crippen molar-refractivity contribution in [3.63, 3.8) is 0 Å². The number of rotatable bonds is 2. The Bertz CT molecular complexity index is 495. The lowest BCUT2D eigenvalue weighted by Crippen LogP contribution is -2.40. The SMILES string of the molecule is N#Cc1cc(CN2C[C@@H]3CCCN[C@@H]3C2)ccc1F. The van der Waals surface area contributed by atoms with Gasteiger partial charge in [0, 0.05) is 25.7 Å². The monoisotopic (exact) mass is 259 g/mol. The molecule has 4 heteroatoms. The molecular weight excluding hydrogens is 241 g/mol. The number of benzene rings is 1. The summed E-state index contributed by atoms with van der Waals surface area (Å²) in [6.45, 7) is 4.11. The second kappa shape index (κ2) is 5.28. The molecule has 100 valence electrons. The van der Waals surface area contributed by atoms with Crippen molar-refractivity contribution >= 4 is 0 Å². The van der Waals surface area contributed by atoms with Crippen LogP contribution in [0.15, 0.2) is 18.2 Å². The van der Waals surface area contributed by atoms with Crippen molar-refractivity contribution in [1.82, 2.24) is 10.2 Å². The van der Waals surface area contributed by atoms with Crippen molar-refractivity contribution in [2.45, 2.75) is 25.4 Å². The number of fused-ring (bicyclic) bond motifs is 1. The highest BCUT2D eigenvalue weighted by atomic mass is 19.1. The minimum Gasteiger partial charge on any atom is -0.312 e. The Kier molecular flexibility index (Phi) is 3.50. The van der Waals surface area contributed by atoms with Gasteiger partial charge in [-0.05, 0) is 43.0 Å². The summed E-state index contributed by atoms with van der Waals surface area (Å²) in [5, 5.41) is 12.4. The summed E-state index contributed by atoms with van der Waals surface area (Å²) < 4.78 is 13.3. The van der Waals surface area contributed by atoms with Gasteiger partial charge in [0.2, 0.25) is 0 Å². The topological polar surface area (TPSA) is 39.1 Å². The molecule has 0 aromatic heterocycles. The number of hydrogen-bond acceptors (Lipinski definition) is 3. The van der Waals surface area contributed by atoms with Crippen molar-refractivity contribution in [1.29, 1.82) is 5.26 Å². The van der Waals surface area contributed by atoms with Gasteiger partial charge in [-0.3, -0.25) is 4.90 Å². The number of halogens is 1. The molecule has 3 nitrogen and oxygen atoms in total. The van der Waals surface area contributed by atoms with E-state index in [0.717, 1.165) is 37.7 Å². The molecule has 0 spiro atoms. The number of nitrogens with one attached hydrogen (secondary N) is 1. The maximum absolute atomic E-state index is 13.3. The summed E-state index contributed by atoms with van der Waals surface area (Å²) in [5.41, 5.74) is 1.17. The van der Waals surface area contributed by atoms with Gasteiger partial charge < -0.3 is 5.32 Å². The van der Waals surface area contributed by atoms with Gasteiger partial charge in [-0.2, -0.15) is 5.26 Å². The normalized spacial score (nSPS) is 26.9. The van der Waals surface area contributed by atoms with Crippen LogP contribution in [0.5, 0.6) is 0 Å². The molecule has 0 amide bonds. The van der Waals surface area contributed by atoms with Crippen LogP contribution in [0.3, 0.4) is 0 Å². The molecule has 2 fully saturated rings. The molecule has 0 saturated carbocycles. The van der Waals surface area contributed by atoms with Crippen molar-refractivity contribution in [3.05, 3.63) is 35.1 Å². The average Bonchev–Trinajstić information content (AvgIpc) is 2.83. The number of nitriles is 1. The molecule has 1 N–H and O–H groups in total. The van der Waals surface area contributed by atoms with E-state index in [1.165, 1.54) is 18.9 Å². The first kappa shape index (κ1) is 12.6. The smallest absolute Gasteiger partial charge is 0.140 e. The number of likely N-dealkylation sites (tertiary alicyclic amines) is 1. The van der Waals surface area contributed by atoms with Crippen molar-refractivity contribution in [2.75, 3.05) is 19.6 Å². The first-order valence-electron chi connectivity index (χ1n) is 6.90. The van der Waals surface area contributed by atoms with Gasteiger partial charge in [0.1, 0.15) is 11.9 Å². The third-order valence-corrected chi connectivity index (χ3v) is 4.23. The number of piperidine rings is 1. The minimum atomic E-state index is -0.428. The summed E-state index contributed by atoms with van der Waals surface area (Å²) in [7, 11) is 0. The Balaban J connectivity index is 1.67. The first-order valence-corrected chi connectivity index (χ1v) is 6.90. The molecule has 1 aromatic rings. The third kappa shape index (κ3) is 2.63. The summed E-state index contributed by atoms with van der Waals surface area (Å²) in [4.78, 5) is 2.40. The maximum Gasteiger partial charge on any atom is 0.140 e. The fraction of sp³-hybridized carbons (Fsp3) is 0.533. The Morgan fingerprint density at radius 2 is 2.32 bits per heavy atom. The molecule has 2 aliphatic heterocycles. The van der Waals surface area contributed by atoms with Crippen LogP contribution >= 0.6 is 0 Å². The van der Waals surface area contributed by atoms with Gasteiger partial charge in [-0.25, -0.2) is 4.39 Å². The Labute approximate surface area is 113 Å². The van der Waals surface area contributed by atoms with Crippen LogP contribution in [-0.2, 0) is 6.54 Å². The average molecular weight is 259 g/mol. The lowest BCUT2D eigenvalue weighted by atomic mass is 9.94. The van der Waals surface area contributed by atoms with Crippen molar-refractivity contribution in [2.24, 2.45) is 5.92 Å². The van der Waals surface area contributed by atoms with Gasteiger partial charge >= 0.3 is 0 Å². The van der Waals surface area contributed by atoms with Crippen LogP contribution < -0.4 is 5.32 Å². The van der Waals surface area contributed by atoms with Gasteiger partial charge in [0.15, 0.2) is 0 Å². The molecule has 0 radical (unpaired) electrons. The summed E-state index contributed by atoms with van der Waals surface area (Å²) in [5.74, 6) is 0.327. The van der Waals surface area contributed by atoms with Gasteiger partial charge in [0.05, 0.1) is 5.56 Å². The van der Waals surface area contributed by atoms with Crippen LogP contribution in [-0.4, -0.2) is 30.6 Å². The van der Waals surface area contributed by atoms with Crippen LogP contribution in [0, 0.1) is 23.1 Å². The number of hydrogen-bond donors (Lipinski definition) is 1. The van der Waals surface area contributed by atoms with E-state index in [-0.39, 0.29) is 5.56 Å². The van der Waals surface area contributed by atoms with Gasteiger partial charge in [0.25, 0.3) is 0 Å². The molecule has 2 atom stereocenters. The van der Waals surface area contributed by atoms with Gasteiger partial charge in [-0.15, -0.1) is 0 Å². The fourth-order valence-corrected chi connectivity index (χ4v) is 3.28. The van der Waals surface area contributed by atoms with Crippen LogP contribution in [0.1, 0.15) is 24.0 Å². The van der Waals surface area contributed by atoms with E-state index >= 15 is 0 Å². The van der Waals surface area contributed by atoms with E-state index in [2.05, 4.69) is 10.2 Å². The Morgan fingerprint density at radius 3 is 3.11 bits per heavy atom. The van der Waals surface area contributed by atoms with Crippen molar-refractivity contribution < 1.29 is 4.39 Å². The zero-order chi connectivity index (χ0) is 13.2. The van der Waals surface area contributed by atoms with E-state index in [0.29, 0.717) is 6.04 Å². The standard InChI is InChI=1S/C15H18FN3/c16-14-4-3-11(6-13(14)7-17)8-19-9-12-2-1-5-18-15(12)10-19/h3-4,6,12,15,18H,1-2,5,8-10H2/t12-,15+/m0/s1. The Morgan fingerprint density at radius 1 is 1.42 bits per heavy atom. The minimum absolute atomic E-state index is 0.146. The quantitative estimate of drug-likeness (QED) is 0.881. The van der Waals surface area contributed by atoms with Crippen molar-refractivity contribution in [3.8, 4) is 6.07 Å². The lowest BCUT2D eigenvalue weighted by Gasteiger charge is -2.24. The second-order valence-corrected chi connectivity index (χ2v) is 5.58. The van der Waals surface area contributed by atoms with E-state index in [1.54, 1.807) is 12.1 Å². The molecule has 3 rings (SSSR count). The van der Waals surface area contributed by atoms with E-state index in [1.807, 2.05) is 6.07 Å². The predicted octanol–water partition coefficient (Wildman–Crippen LogP) is 1.88. The molecule has 2 saturated heterocycles. The molecular formula is C15H18FN3.